The molecular formula is C12H12N2. The van der Waals surface area contributed by atoms with Crippen molar-refractivity contribution in [3.8, 4) is 17.9 Å². The molecule has 0 bridgehead atoms. The third-order valence-corrected chi connectivity index (χ3v) is 1.93. The van der Waals surface area contributed by atoms with E-state index in [4.69, 9.17) is 5.26 Å². The van der Waals surface area contributed by atoms with Gasteiger partial charge >= 0.3 is 0 Å². The number of nitriles is 1. The lowest BCUT2D eigenvalue weighted by molar-refractivity contribution is 1.32. The number of hydrogen-bond donors (Lipinski definition) is 1. The van der Waals surface area contributed by atoms with E-state index in [0.29, 0.717) is 12.1 Å². The fraction of sp³-hybridized carbons (Fsp3) is 0.250. The van der Waals surface area contributed by atoms with Crippen molar-refractivity contribution >= 4 is 5.69 Å². The highest BCUT2D eigenvalue weighted by Crippen LogP contribution is 2.17. The van der Waals surface area contributed by atoms with Gasteiger partial charge in [-0.25, -0.2) is 0 Å². The molecule has 0 atom stereocenters. The van der Waals surface area contributed by atoms with Crippen LogP contribution in [-0.4, -0.2) is 6.54 Å². The van der Waals surface area contributed by atoms with Crippen LogP contribution in [-0.2, 0) is 0 Å². The molecule has 1 N–H and O–H groups in total. The molecule has 70 valence electrons. The Morgan fingerprint density at radius 3 is 2.86 bits per heavy atom. The van der Waals surface area contributed by atoms with Gasteiger partial charge in [0.15, 0.2) is 0 Å². The first-order chi connectivity index (χ1) is 6.79. The minimum Gasteiger partial charge on any atom is -0.373 e. The van der Waals surface area contributed by atoms with E-state index in [1.807, 2.05) is 25.1 Å². The Morgan fingerprint density at radius 2 is 2.21 bits per heavy atom. The summed E-state index contributed by atoms with van der Waals surface area (Å²) in [6.45, 7) is 4.30. The topological polar surface area (TPSA) is 35.8 Å². The zero-order chi connectivity index (χ0) is 10.4. The molecular weight excluding hydrogens is 172 g/mol. The van der Waals surface area contributed by atoms with Gasteiger partial charge in [0.05, 0.1) is 17.8 Å². The van der Waals surface area contributed by atoms with Crippen molar-refractivity contribution in [1.82, 2.24) is 0 Å². The predicted molar refractivity (Wildman–Crippen MR) is 57.8 cm³/mol. The van der Waals surface area contributed by atoms with E-state index in [1.165, 1.54) is 0 Å². The van der Waals surface area contributed by atoms with Gasteiger partial charge in [-0.1, -0.05) is 18.1 Å². The molecule has 0 fully saturated rings. The van der Waals surface area contributed by atoms with Crippen LogP contribution in [0, 0.1) is 30.1 Å². The Hall–Kier alpha value is -1.93. The maximum absolute atomic E-state index is 8.93. The van der Waals surface area contributed by atoms with Crippen LogP contribution in [0.15, 0.2) is 18.2 Å². The molecule has 0 saturated heterocycles. The van der Waals surface area contributed by atoms with Gasteiger partial charge in [-0.15, -0.1) is 5.92 Å². The smallest absolute Gasteiger partial charge is 0.102 e. The Bertz CT molecular complexity index is 416. The van der Waals surface area contributed by atoms with Crippen LogP contribution in [0.1, 0.15) is 18.1 Å². The number of nitrogens with zero attached hydrogens (tertiary/aromatic N) is 1. The van der Waals surface area contributed by atoms with Crippen molar-refractivity contribution in [2.45, 2.75) is 13.8 Å². The minimum atomic E-state index is 0.578. The summed E-state index contributed by atoms with van der Waals surface area (Å²) in [7, 11) is 0. The molecule has 0 radical (unpaired) electrons. The second-order valence-corrected chi connectivity index (χ2v) is 2.89. The molecule has 0 heterocycles. The van der Waals surface area contributed by atoms with Crippen molar-refractivity contribution < 1.29 is 0 Å². The Labute approximate surface area is 84.6 Å². The number of aryl methyl sites for hydroxylation is 1. The van der Waals surface area contributed by atoms with Gasteiger partial charge in [0.1, 0.15) is 6.07 Å². The van der Waals surface area contributed by atoms with Gasteiger partial charge in [-0.2, -0.15) is 5.26 Å². The second-order valence-electron chi connectivity index (χ2n) is 2.89. The highest BCUT2D eigenvalue weighted by Gasteiger charge is 2.02. The van der Waals surface area contributed by atoms with Crippen molar-refractivity contribution in [3.63, 3.8) is 0 Å². The van der Waals surface area contributed by atoms with E-state index in [1.54, 1.807) is 6.92 Å². The zero-order valence-corrected chi connectivity index (χ0v) is 8.39. The first-order valence-corrected chi connectivity index (χ1v) is 4.42. The van der Waals surface area contributed by atoms with Crippen LogP contribution >= 0.6 is 0 Å². The summed E-state index contributed by atoms with van der Waals surface area (Å²) in [5.41, 5.74) is 2.54. The lowest BCUT2D eigenvalue weighted by atomic mass is 10.1. The van der Waals surface area contributed by atoms with E-state index in [0.717, 1.165) is 11.3 Å². The zero-order valence-electron chi connectivity index (χ0n) is 8.39. The van der Waals surface area contributed by atoms with Crippen molar-refractivity contribution in [2.24, 2.45) is 0 Å². The molecule has 1 aromatic rings. The molecule has 0 unspecified atom stereocenters. The summed E-state index contributed by atoms with van der Waals surface area (Å²) in [4.78, 5) is 0. The standard InChI is InChI=1S/C12H12N2/c1-3-4-8-14-12-7-5-6-10(2)11(12)9-13/h5-7,14H,8H2,1-2H3. The van der Waals surface area contributed by atoms with Gasteiger partial charge in [0, 0.05) is 0 Å². The van der Waals surface area contributed by atoms with Gasteiger partial charge in [0.2, 0.25) is 0 Å². The van der Waals surface area contributed by atoms with Crippen molar-refractivity contribution in [1.29, 1.82) is 5.26 Å². The van der Waals surface area contributed by atoms with Crippen LogP contribution in [0.4, 0.5) is 5.69 Å². The van der Waals surface area contributed by atoms with E-state index in [-0.39, 0.29) is 0 Å². The third kappa shape index (κ3) is 2.28. The van der Waals surface area contributed by atoms with E-state index in [2.05, 4.69) is 23.2 Å². The van der Waals surface area contributed by atoms with E-state index < -0.39 is 0 Å². The third-order valence-electron chi connectivity index (χ3n) is 1.93. The molecule has 1 rings (SSSR count). The first-order valence-electron chi connectivity index (χ1n) is 4.42. The molecule has 14 heavy (non-hydrogen) atoms. The summed E-state index contributed by atoms with van der Waals surface area (Å²) < 4.78 is 0. The molecule has 0 aliphatic heterocycles. The summed E-state index contributed by atoms with van der Waals surface area (Å²) in [6.07, 6.45) is 0. The molecule has 0 aliphatic carbocycles. The first kappa shape index (κ1) is 10.2. The number of rotatable bonds is 2. The lowest BCUT2D eigenvalue weighted by Gasteiger charge is -2.06. The number of benzene rings is 1. The van der Waals surface area contributed by atoms with Crippen LogP contribution < -0.4 is 5.32 Å². The Morgan fingerprint density at radius 1 is 1.43 bits per heavy atom. The van der Waals surface area contributed by atoms with E-state index >= 15 is 0 Å². The van der Waals surface area contributed by atoms with Crippen molar-refractivity contribution in [2.75, 3.05) is 11.9 Å². The van der Waals surface area contributed by atoms with Gasteiger partial charge in [-0.05, 0) is 25.5 Å². The number of hydrogen-bond acceptors (Lipinski definition) is 2. The normalized spacial score (nSPS) is 8.36. The summed E-state index contributed by atoms with van der Waals surface area (Å²) >= 11 is 0. The van der Waals surface area contributed by atoms with Gasteiger partial charge in [0.25, 0.3) is 0 Å². The summed E-state index contributed by atoms with van der Waals surface area (Å²) in [6, 6.07) is 7.93. The van der Waals surface area contributed by atoms with Crippen LogP contribution in [0.3, 0.4) is 0 Å². The van der Waals surface area contributed by atoms with Gasteiger partial charge in [-0.3, -0.25) is 0 Å². The summed E-state index contributed by atoms with van der Waals surface area (Å²) in [5.74, 6) is 5.69. The molecule has 1 aromatic carbocycles. The highest BCUT2D eigenvalue weighted by atomic mass is 14.9. The monoisotopic (exact) mass is 184 g/mol. The minimum absolute atomic E-state index is 0.578. The van der Waals surface area contributed by atoms with Crippen LogP contribution in [0.2, 0.25) is 0 Å². The quantitative estimate of drug-likeness (QED) is 0.716. The number of anilines is 1. The fourth-order valence-corrected chi connectivity index (χ4v) is 1.19. The molecule has 0 saturated carbocycles. The summed E-state index contributed by atoms with van der Waals surface area (Å²) in [5, 5.41) is 12.0. The van der Waals surface area contributed by atoms with Crippen molar-refractivity contribution in [3.05, 3.63) is 29.3 Å². The lowest BCUT2D eigenvalue weighted by Crippen LogP contribution is -2.01. The van der Waals surface area contributed by atoms with Crippen LogP contribution in [0.25, 0.3) is 0 Å². The maximum Gasteiger partial charge on any atom is 0.102 e. The van der Waals surface area contributed by atoms with Gasteiger partial charge < -0.3 is 5.32 Å². The molecule has 0 amide bonds. The molecule has 2 nitrogen and oxygen atoms in total. The second kappa shape index (κ2) is 4.94. The SMILES string of the molecule is CC#CCNc1cccc(C)c1C#N. The fourth-order valence-electron chi connectivity index (χ4n) is 1.19. The van der Waals surface area contributed by atoms with Crippen LogP contribution in [0.5, 0.6) is 0 Å². The molecule has 0 spiro atoms. The van der Waals surface area contributed by atoms with E-state index in [9.17, 15) is 0 Å². The Balaban J connectivity index is 2.90. The predicted octanol–water partition coefficient (Wildman–Crippen LogP) is 2.30. The highest BCUT2D eigenvalue weighted by molar-refractivity contribution is 5.60. The molecule has 2 heteroatoms. The average Bonchev–Trinajstić information content (AvgIpc) is 2.18. The largest absolute Gasteiger partial charge is 0.373 e. The number of nitrogens with one attached hydrogen (secondary N) is 1. The Kier molecular flexibility index (Phi) is 3.58. The average molecular weight is 184 g/mol. The maximum atomic E-state index is 8.93. The molecule has 0 aliphatic rings. The molecule has 0 aromatic heterocycles.